The smallest absolute Gasteiger partial charge is 0.254 e. The lowest BCUT2D eigenvalue weighted by molar-refractivity contribution is 0.0992. The summed E-state index contributed by atoms with van der Waals surface area (Å²) in [5.41, 5.74) is 11.8. The minimum atomic E-state index is -0.596. The molecule has 2 rings (SSSR count). The van der Waals surface area contributed by atoms with Crippen molar-refractivity contribution in [2.45, 2.75) is 13.3 Å². The molecular weight excluding hydrogens is 296 g/mol. The molecule has 0 radical (unpaired) electrons. The summed E-state index contributed by atoms with van der Waals surface area (Å²) in [6.07, 6.45) is 2.24. The third-order valence-electron chi connectivity index (χ3n) is 3.02. The van der Waals surface area contributed by atoms with Crippen LogP contribution >= 0.6 is 0 Å². The fourth-order valence-electron chi connectivity index (χ4n) is 1.85. The topological polar surface area (TPSA) is 136 Å². The zero-order valence-corrected chi connectivity index (χ0v) is 12.7. The van der Waals surface area contributed by atoms with Crippen molar-refractivity contribution in [1.29, 1.82) is 0 Å². The van der Waals surface area contributed by atoms with Crippen LogP contribution in [-0.4, -0.2) is 28.3 Å². The molecule has 6 N–H and O–H groups in total. The summed E-state index contributed by atoms with van der Waals surface area (Å²) < 4.78 is 0. The number of carbonyl (C=O) groups excluding carboxylic acids is 2. The van der Waals surface area contributed by atoms with E-state index >= 15 is 0 Å². The van der Waals surface area contributed by atoms with E-state index in [9.17, 15) is 9.59 Å². The van der Waals surface area contributed by atoms with Crippen LogP contribution in [0, 0.1) is 0 Å². The quantitative estimate of drug-likeness (QED) is 0.607. The summed E-state index contributed by atoms with van der Waals surface area (Å²) in [7, 11) is 0. The van der Waals surface area contributed by atoms with Gasteiger partial charge in [0, 0.05) is 24.0 Å². The summed E-state index contributed by atoms with van der Waals surface area (Å²) in [5, 5.41) is 6.03. The number of benzene rings is 1. The third kappa shape index (κ3) is 4.16. The minimum absolute atomic E-state index is 0.230. The highest BCUT2D eigenvalue weighted by atomic mass is 16.1. The molecule has 0 aliphatic carbocycles. The van der Waals surface area contributed by atoms with Crippen molar-refractivity contribution in [3.63, 3.8) is 0 Å². The van der Waals surface area contributed by atoms with Crippen molar-refractivity contribution in [2.24, 2.45) is 11.5 Å². The molecular formula is C15H18N6O2. The van der Waals surface area contributed by atoms with Gasteiger partial charge in [0.1, 0.15) is 5.82 Å². The fourth-order valence-corrected chi connectivity index (χ4v) is 1.85. The molecule has 1 aromatic heterocycles. The first kappa shape index (κ1) is 16.2. The van der Waals surface area contributed by atoms with Gasteiger partial charge in [-0.2, -0.15) is 4.98 Å². The average Bonchev–Trinajstić information content (AvgIpc) is 2.53. The zero-order valence-electron chi connectivity index (χ0n) is 12.7. The van der Waals surface area contributed by atoms with Gasteiger partial charge < -0.3 is 22.1 Å². The van der Waals surface area contributed by atoms with Gasteiger partial charge in [-0.05, 0) is 30.7 Å². The van der Waals surface area contributed by atoms with Crippen LogP contribution in [0.25, 0.3) is 0 Å². The van der Waals surface area contributed by atoms with Crippen LogP contribution in [0.3, 0.4) is 0 Å². The van der Waals surface area contributed by atoms with Crippen molar-refractivity contribution in [3.8, 4) is 0 Å². The Hall–Kier alpha value is -3.16. The van der Waals surface area contributed by atoms with Gasteiger partial charge in [0.15, 0.2) is 0 Å². The first-order valence-electron chi connectivity index (χ1n) is 7.09. The average molecular weight is 314 g/mol. The second-order valence-electron chi connectivity index (χ2n) is 4.81. The number of carbonyl (C=O) groups is 2. The van der Waals surface area contributed by atoms with Gasteiger partial charge >= 0.3 is 0 Å². The number of aromatic nitrogens is 2. The maximum atomic E-state index is 11.4. The lowest BCUT2D eigenvalue weighted by Gasteiger charge is -2.11. The van der Waals surface area contributed by atoms with E-state index in [4.69, 9.17) is 11.5 Å². The molecule has 8 nitrogen and oxygen atoms in total. The van der Waals surface area contributed by atoms with Gasteiger partial charge in [-0.1, -0.05) is 6.92 Å². The molecule has 0 aliphatic rings. The van der Waals surface area contributed by atoms with Crippen molar-refractivity contribution < 1.29 is 9.59 Å². The third-order valence-corrected chi connectivity index (χ3v) is 3.02. The second-order valence-corrected chi connectivity index (χ2v) is 4.81. The lowest BCUT2D eigenvalue weighted by atomic mass is 10.2. The maximum absolute atomic E-state index is 11.4. The van der Waals surface area contributed by atoms with Crippen molar-refractivity contribution in [1.82, 2.24) is 9.97 Å². The molecule has 0 saturated heterocycles. The second kappa shape index (κ2) is 7.21. The molecule has 1 aromatic carbocycles. The van der Waals surface area contributed by atoms with E-state index < -0.39 is 11.8 Å². The number of hydrogen-bond donors (Lipinski definition) is 4. The molecule has 0 aliphatic heterocycles. The number of hydrogen-bond acceptors (Lipinski definition) is 6. The number of nitrogens with two attached hydrogens (primary N) is 2. The summed E-state index contributed by atoms with van der Waals surface area (Å²) in [6.45, 7) is 2.65. The normalized spacial score (nSPS) is 10.1. The number of rotatable bonds is 7. The van der Waals surface area contributed by atoms with Crippen molar-refractivity contribution >= 4 is 29.3 Å². The predicted molar refractivity (Wildman–Crippen MR) is 87.6 cm³/mol. The molecule has 0 unspecified atom stereocenters. The SMILES string of the molecule is CCCNc1nc(Nc2ccc(C(N)=O)cc2)ncc1C(N)=O. The first-order chi connectivity index (χ1) is 11.0. The van der Waals surface area contributed by atoms with E-state index in [0.29, 0.717) is 29.6 Å². The maximum Gasteiger partial charge on any atom is 0.254 e. The summed E-state index contributed by atoms with van der Waals surface area (Å²) >= 11 is 0. The highest BCUT2D eigenvalue weighted by molar-refractivity contribution is 5.97. The Labute approximate surface area is 133 Å². The van der Waals surface area contributed by atoms with E-state index in [1.165, 1.54) is 6.20 Å². The van der Waals surface area contributed by atoms with Gasteiger partial charge in [-0.3, -0.25) is 9.59 Å². The predicted octanol–water partition coefficient (Wildman–Crippen LogP) is 1.24. The Morgan fingerprint density at radius 3 is 2.39 bits per heavy atom. The molecule has 0 fully saturated rings. The molecule has 8 heteroatoms. The molecule has 2 aromatic rings. The number of amides is 2. The highest BCUT2D eigenvalue weighted by Gasteiger charge is 2.12. The molecule has 2 amide bonds. The largest absolute Gasteiger partial charge is 0.369 e. The minimum Gasteiger partial charge on any atom is -0.369 e. The van der Waals surface area contributed by atoms with E-state index in [1.807, 2.05) is 6.92 Å². The fraction of sp³-hybridized carbons (Fsp3) is 0.200. The monoisotopic (exact) mass is 314 g/mol. The molecule has 23 heavy (non-hydrogen) atoms. The molecule has 0 bridgehead atoms. The van der Waals surface area contributed by atoms with Gasteiger partial charge in [0.05, 0.1) is 5.56 Å². The van der Waals surface area contributed by atoms with Gasteiger partial charge in [-0.15, -0.1) is 0 Å². The van der Waals surface area contributed by atoms with Crippen molar-refractivity contribution in [3.05, 3.63) is 41.6 Å². The Kier molecular flexibility index (Phi) is 5.08. The van der Waals surface area contributed by atoms with Gasteiger partial charge in [0.25, 0.3) is 5.91 Å². The van der Waals surface area contributed by atoms with E-state index in [1.54, 1.807) is 24.3 Å². The Morgan fingerprint density at radius 1 is 1.13 bits per heavy atom. The van der Waals surface area contributed by atoms with Crippen LogP contribution in [0.4, 0.5) is 17.5 Å². The molecule has 0 atom stereocenters. The lowest BCUT2D eigenvalue weighted by Crippen LogP contribution is -2.17. The van der Waals surface area contributed by atoms with Crippen LogP contribution in [0.2, 0.25) is 0 Å². The van der Waals surface area contributed by atoms with E-state index in [-0.39, 0.29) is 5.56 Å². The zero-order chi connectivity index (χ0) is 16.8. The molecule has 0 saturated carbocycles. The molecule has 0 spiro atoms. The van der Waals surface area contributed by atoms with Crippen LogP contribution in [0.5, 0.6) is 0 Å². The highest BCUT2D eigenvalue weighted by Crippen LogP contribution is 2.18. The number of nitrogens with one attached hydrogen (secondary N) is 2. The summed E-state index contributed by atoms with van der Waals surface area (Å²) in [6, 6.07) is 6.56. The van der Waals surface area contributed by atoms with Crippen LogP contribution in [-0.2, 0) is 0 Å². The molecule has 1 heterocycles. The standard InChI is InChI=1S/C15H18N6O2/c1-2-7-18-14-11(13(17)23)8-19-15(21-14)20-10-5-3-9(4-6-10)12(16)22/h3-6,8H,2,7H2,1H3,(H2,16,22)(H2,17,23)(H2,18,19,20,21). The van der Waals surface area contributed by atoms with Crippen molar-refractivity contribution in [2.75, 3.05) is 17.2 Å². The van der Waals surface area contributed by atoms with Gasteiger partial charge in [-0.25, -0.2) is 4.98 Å². The molecule has 120 valence electrons. The van der Waals surface area contributed by atoms with Gasteiger partial charge in [0.2, 0.25) is 11.9 Å². The van der Waals surface area contributed by atoms with Crippen LogP contribution in [0.15, 0.2) is 30.5 Å². The Balaban J connectivity index is 2.22. The first-order valence-corrected chi connectivity index (χ1v) is 7.09. The number of anilines is 3. The summed E-state index contributed by atoms with van der Waals surface area (Å²) in [4.78, 5) is 30.8. The number of nitrogens with zero attached hydrogens (tertiary/aromatic N) is 2. The number of primary amides is 2. The van der Waals surface area contributed by atoms with Crippen LogP contribution in [0.1, 0.15) is 34.1 Å². The van der Waals surface area contributed by atoms with Crippen LogP contribution < -0.4 is 22.1 Å². The van der Waals surface area contributed by atoms with E-state index in [0.717, 1.165) is 6.42 Å². The summed E-state index contributed by atoms with van der Waals surface area (Å²) in [5.74, 6) is -0.406. The Bertz CT molecular complexity index is 714. The van der Waals surface area contributed by atoms with E-state index in [2.05, 4.69) is 20.6 Å². The Morgan fingerprint density at radius 2 is 1.83 bits per heavy atom.